The third kappa shape index (κ3) is 2.47. The van der Waals surface area contributed by atoms with E-state index in [9.17, 15) is 0 Å². The zero-order valence-corrected chi connectivity index (χ0v) is 12.4. The van der Waals surface area contributed by atoms with E-state index in [4.69, 9.17) is 15.6 Å². The molecule has 0 fully saturated rings. The van der Waals surface area contributed by atoms with Crippen LogP contribution in [0.4, 0.5) is 0 Å². The number of nitrogens with two attached hydrogens (primary N) is 1. The first-order chi connectivity index (χ1) is 10.1. The van der Waals surface area contributed by atoms with Gasteiger partial charge in [-0.2, -0.15) is 5.10 Å². The summed E-state index contributed by atoms with van der Waals surface area (Å²) < 4.78 is 5.65. The molecule has 21 heavy (non-hydrogen) atoms. The molecule has 6 nitrogen and oxygen atoms in total. The fourth-order valence-corrected chi connectivity index (χ4v) is 2.84. The van der Waals surface area contributed by atoms with Crippen LogP contribution < -0.4 is 5.73 Å². The molecule has 0 unspecified atom stereocenters. The fourth-order valence-electron chi connectivity index (χ4n) is 1.95. The number of benzene rings is 1. The van der Waals surface area contributed by atoms with Crippen LogP contribution >= 0.6 is 11.8 Å². The SMILES string of the molecule is Cc1nnc(Sc2nc3ccccc3o2)c(C(=N)N)c1C. The highest BCUT2D eigenvalue weighted by Gasteiger charge is 2.17. The predicted molar refractivity (Wildman–Crippen MR) is 80.7 cm³/mol. The number of para-hydroxylation sites is 2. The average Bonchev–Trinajstić information content (AvgIpc) is 2.85. The van der Waals surface area contributed by atoms with Crippen LogP contribution in [0.25, 0.3) is 11.1 Å². The molecular weight excluding hydrogens is 286 g/mol. The molecule has 0 aliphatic carbocycles. The predicted octanol–water partition coefficient (Wildman–Crippen LogP) is 2.67. The molecule has 2 heterocycles. The maximum atomic E-state index is 7.73. The van der Waals surface area contributed by atoms with Crippen LogP contribution in [0.3, 0.4) is 0 Å². The van der Waals surface area contributed by atoms with Crippen molar-refractivity contribution in [3.63, 3.8) is 0 Å². The molecule has 0 saturated carbocycles. The van der Waals surface area contributed by atoms with Gasteiger partial charge in [-0.15, -0.1) is 5.10 Å². The number of aromatic nitrogens is 3. The van der Waals surface area contributed by atoms with Crippen molar-refractivity contribution in [1.29, 1.82) is 5.41 Å². The molecule has 3 rings (SSSR count). The highest BCUT2D eigenvalue weighted by atomic mass is 32.2. The van der Waals surface area contributed by atoms with Crippen molar-refractivity contribution < 1.29 is 4.42 Å². The van der Waals surface area contributed by atoms with Gasteiger partial charge in [0.2, 0.25) is 0 Å². The van der Waals surface area contributed by atoms with Crippen LogP contribution in [-0.2, 0) is 0 Å². The molecule has 3 aromatic rings. The normalized spacial score (nSPS) is 11.0. The Balaban J connectivity index is 2.05. The second-order valence-corrected chi connectivity index (χ2v) is 5.49. The third-order valence-electron chi connectivity index (χ3n) is 3.15. The van der Waals surface area contributed by atoms with E-state index in [2.05, 4.69) is 15.2 Å². The molecule has 0 aliphatic heterocycles. The number of nitrogens with zero attached hydrogens (tertiary/aromatic N) is 3. The Kier molecular flexibility index (Phi) is 3.34. The van der Waals surface area contributed by atoms with E-state index in [0.29, 0.717) is 21.4 Å². The second kappa shape index (κ2) is 5.17. The van der Waals surface area contributed by atoms with Crippen molar-refractivity contribution in [2.75, 3.05) is 0 Å². The maximum Gasteiger partial charge on any atom is 0.263 e. The molecule has 0 aliphatic rings. The largest absolute Gasteiger partial charge is 0.431 e. The minimum atomic E-state index is -0.0379. The molecular formula is C14H13N5OS. The number of nitrogen functional groups attached to an aromatic ring is 1. The first kappa shape index (κ1) is 13.6. The number of hydrogen-bond donors (Lipinski definition) is 2. The van der Waals surface area contributed by atoms with Crippen LogP contribution in [0.1, 0.15) is 16.8 Å². The van der Waals surface area contributed by atoms with Gasteiger partial charge in [-0.3, -0.25) is 5.41 Å². The lowest BCUT2D eigenvalue weighted by Crippen LogP contribution is -2.16. The molecule has 7 heteroatoms. The van der Waals surface area contributed by atoms with E-state index >= 15 is 0 Å². The van der Waals surface area contributed by atoms with Crippen molar-refractivity contribution in [3.05, 3.63) is 41.1 Å². The van der Waals surface area contributed by atoms with Crippen molar-refractivity contribution >= 4 is 28.7 Å². The Labute approximate surface area is 125 Å². The molecule has 0 radical (unpaired) electrons. The minimum absolute atomic E-state index is 0.0379. The van der Waals surface area contributed by atoms with E-state index in [1.807, 2.05) is 38.1 Å². The first-order valence-corrected chi connectivity index (χ1v) is 7.09. The zero-order valence-electron chi connectivity index (χ0n) is 11.5. The molecule has 1 aromatic carbocycles. The maximum absolute atomic E-state index is 7.73. The smallest absolute Gasteiger partial charge is 0.263 e. The molecule has 106 valence electrons. The quantitative estimate of drug-likeness (QED) is 0.569. The van der Waals surface area contributed by atoms with Crippen molar-refractivity contribution in [2.24, 2.45) is 5.73 Å². The standard InChI is InChI=1S/C14H13N5OS/c1-7-8(2)18-19-13(11(7)12(15)16)21-14-17-9-5-3-4-6-10(9)20-14/h3-6H,1-2H3,(H3,15,16). The van der Waals surface area contributed by atoms with Crippen LogP contribution in [0, 0.1) is 19.3 Å². The number of amidine groups is 1. The highest BCUT2D eigenvalue weighted by molar-refractivity contribution is 7.99. The number of rotatable bonds is 3. The lowest BCUT2D eigenvalue weighted by molar-refractivity contribution is 0.489. The van der Waals surface area contributed by atoms with E-state index in [-0.39, 0.29) is 5.84 Å². The molecule has 0 atom stereocenters. The Morgan fingerprint density at radius 1 is 1.24 bits per heavy atom. The Morgan fingerprint density at radius 3 is 2.71 bits per heavy atom. The minimum Gasteiger partial charge on any atom is -0.431 e. The van der Waals surface area contributed by atoms with Crippen LogP contribution in [0.5, 0.6) is 0 Å². The number of fused-ring (bicyclic) bond motifs is 1. The van der Waals surface area contributed by atoms with Gasteiger partial charge in [0, 0.05) is 0 Å². The third-order valence-corrected chi connectivity index (χ3v) is 3.98. The van der Waals surface area contributed by atoms with Gasteiger partial charge < -0.3 is 10.2 Å². The summed E-state index contributed by atoms with van der Waals surface area (Å²) in [4.78, 5) is 4.38. The summed E-state index contributed by atoms with van der Waals surface area (Å²) in [5.74, 6) is -0.0379. The average molecular weight is 299 g/mol. The highest BCUT2D eigenvalue weighted by Crippen LogP contribution is 2.31. The summed E-state index contributed by atoms with van der Waals surface area (Å²) in [5.41, 5.74) is 9.33. The van der Waals surface area contributed by atoms with Gasteiger partial charge >= 0.3 is 0 Å². The van der Waals surface area contributed by atoms with Gasteiger partial charge in [-0.05, 0) is 43.3 Å². The molecule has 0 bridgehead atoms. The van der Waals surface area contributed by atoms with E-state index < -0.39 is 0 Å². The van der Waals surface area contributed by atoms with E-state index in [0.717, 1.165) is 16.8 Å². The van der Waals surface area contributed by atoms with Gasteiger partial charge in [0.15, 0.2) is 5.58 Å². The first-order valence-electron chi connectivity index (χ1n) is 6.28. The van der Waals surface area contributed by atoms with Gasteiger partial charge in [-0.1, -0.05) is 12.1 Å². The number of aryl methyl sites for hydroxylation is 1. The van der Waals surface area contributed by atoms with E-state index in [1.54, 1.807) is 0 Å². The lowest BCUT2D eigenvalue weighted by atomic mass is 10.1. The zero-order chi connectivity index (χ0) is 15.0. The number of hydrogen-bond acceptors (Lipinski definition) is 6. The summed E-state index contributed by atoms with van der Waals surface area (Å²) in [6.07, 6.45) is 0. The van der Waals surface area contributed by atoms with Gasteiger partial charge in [0.25, 0.3) is 5.22 Å². The summed E-state index contributed by atoms with van der Waals surface area (Å²) in [7, 11) is 0. The molecule has 2 aromatic heterocycles. The number of oxazole rings is 1. The molecule has 0 amide bonds. The van der Waals surface area contributed by atoms with Gasteiger partial charge in [0.1, 0.15) is 16.4 Å². The van der Waals surface area contributed by atoms with Crippen molar-refractivity contribution in [1.82, 2.24) is 15.2 Å². The summed E-state index contributed by atoms with van der Waals surface area (Å²) >= 11 is 1.22. The Morgan fingerprint density at radius 2 is 2.00 bits per heavy atom. The summed E-state index contributed by atoms with van der Waals surface area (Å²) in [5, 5.41) is 16.9. The fraction of sp³-hybridized carbons (Fsp3) is 0.143. The summed E-state index contributed by atoms with van der Waals surface area (Å²) in [6.45, 7) is 3.71. The number of nitrogens with one attached hydrogen (secondary N) is 1. The van der Waals surface area contributed by atoms with Crippen molar-refractivity contribution in [2.45, 2.75) is 24.1 Å². The molecule has 0 spiro atoms. The topological polar surface area (TPSA) is 102 Å². The Hall–Kier alpha value is -2.41. The molecule has 3 N–H and O–H groups in total. The second-order valence-electron chi connectivity index (χ2n) is 4.55. The van der Waals surface area contributed by atoms with Crippen molar-refractivity contribution in [3.8, 4) is 0 Å². The van der Waals surface area contributed by atoms with Crippen LogP contribution in [0.15, 0.2) is 38.9 Å². The summed E-state index contributed by atoms with van der Waals surface area (Å²) in [6, 6.07) is 7.51. The molecule has 0 saturated heterocycles. The van der Waals surface area contributed by atoms with Crippen LogP contribution in [-0.4, -0.2) is 21.0 Å². The van der Waals surface area contributed by atoms with E-state index in [1.165, 1.54) is 11.8 Å². The van der Waals surface area contributed by atoms with Gasteiger partial charge in [0.05, 0.1) is 11.3 Å². The van der Waals surface area contributed by atoms with Gasteiger partial charge in [-0.25, -0.2) is 4.98 Å². The van der Waals surface area contributed by atoms with Crippen LogP contribution in [0.2, 0.25) is 0 Å². The monoisotopic (exact) mass is 299 g/mol. The Bertz CT molecular complexity index is 809. The lowest BCUT2D eigenvalue weighted by Gasteiger charge is -2.09.